The lowest BCUT2D eigenvalue weighted by Crippen LogP contribution is -2.48. The highest BCUT2D eigenvalue weighted by molar-refractivity contribution is 5.17. The maximum atomic E-state index is 11.0. The van der Waals surface area contributed by atoms with E-state index in [1.165, 1.54) is 13.2 Å². The summed E-state index contributed by atoms with van der Waals surface area (Å²) in [5, 5.41) is 11.0. The smallest absolute Gasteiger partial charge is 0.300 e. The summed E-state index contributed by atoms with van der Waals surface area (Å²) in [7, 11) is 1.36. The van der Waals surface area contributed by atoms with E-state index >= 15 is 0 Å². The molecule has 0 spiro atoms. The minimum atomic E-state index is -0.998. The molecule has 1 aromatic rings. The lowest BCUT2D eigenvalue weighted by Gasteiger charge is -2.38. The number of nitro groups is 1. The lowest BCUT2D eigenvalue weighted by atomic mass is 10.1. The Kier molecular flexibility index (Phi) is 3.98. The maximum absolute atomic E-state index is 11.0. The molecule has 2 aliphatic rings. The summed E-state index contributed by atoms with van der Waals surface area (Å²) in [6.45, 7) is 0.283. The average Bonchev–Trinajstić information content (AvgIpc) is 2.53. The van der Waals surface area contributed by atoms with Crippen molar-refractivity contribution < 1.29 is 23.9 Å². The van der Waals surface area contributed by atoms with Crippen molar-refractivity contribution in [3.05, 3.63) is 57.8 Å². The zero-order valence-corrected chi connectivity index (χ0v) is 11.4. The largest absolute Gasteiger partial charge is 0.347 e. The molecule has 21 heavy (non-hydrogen) atoms. The fourth-order valence-electron chi connectivity index (χ4n) is 2.39. The van der Waals surface area contributed by atoms with E-state index in [-0.39, 0.29) is 12.3 Å². The molecule has 1 unspecified atom stereocenters. The number of ether oxygens (including phenoxy) is 4. The molecule has 0 bridgehead atoms. The summed E-state index contributed by atoms with van der Waals surface area (Å²) in [5.41, 5.74) is 0.716. The van der Waals surface area contributed by atoms with Crippen LogP contribution in [0.3, 0.4) is 0 Å². The van der Waals surface area contributed by atoms with Crippen LogP contribution in [-0.2, 0) is 18.9 Å². The SMILES string of the molecule is CO[C@H]1O[C@@H]2COC(c3ccccc3)O[C@H]2C=C1[N+](=O)[O-]. The molecule has 0 N–H and O–H groups in total. The van der Waals surface area contributed by atoms with Gasteiger partial charge < -0.3 is 18.9 Å². The average molecular weight is 293 g/mol. The van der Waals surface area contributed by atoms with Gasteiger partial charge in [0.2, 0.25) is 0 Å². The van der Waals surface area contributed by atoms with Gasteiger partial charge >= 0.3 is 5.70 Å². The summed E-state index contributed by atoms with van der Waals surface area (Å²) in [5.74, 6) is 0. The van der Waals surface area contributed by atoms with Crippen LogP contribution in [0.1, 0.15) is 11.9 Å². The van der Waals surface area contributed by atoms with Crippen molar-refractivity contribution in [2.75, 3.05) is 13.7 Å². The van der Waals surface area contributed by atoms with Crippen molar-refractivity contribution in [3.63, 3.8) is 0 Å². The molecule has 0 saturated carbocycles. The second kappa shape index (κ2) is 5.90. The Morgan fingerprint density at radius 3 is 2.71 bits per heavy atom. The topological polar surface area (TPSA) is 80.1 Å². The first-order valence-corrected chi connectivity index (χ1v) is 6.55. The van der Waals surface area contributed by atoms with Crippen LogP contribution in [0.2, 0.25) is 0 Å². The van der Waals surface area contributed by atoms with Gasteiger partial charge in [-0.1, -0.05) is 30.3 Å². The quantitative estimate of drug-likeness (QED) is 0.622. The minimum Gasteiger partial charge on any atom is -0.347 e. The molecule has 0 aromatic heterocycles. The first-order chi connectivity index (χ1) is 10.2. The number of methoxy groups -OCH3 is 1. The number of hydrogen-bond donors (Lipinski definition) is 0. The van der Waals surface area contributed by atoms with Gasteiger partial charge in [0, 0.05) is 18.7 Å². The molecule has 2 heterocycles. The van der Waals surface area contributed by atoms with E-state index < -0.39 is 29.7 Å². The molecular weight excluding hydrogens is 278 g/mol. The first kappa shape index (κ1) is 14.2. The predicted octanol–water partition coefficient (Wildman–Crippen LogP) is 1.63. The van der Waals surface area contributed by atoms with Crippen LogP contribution >= 0.6 is 0 Å². The number of nitrogens with zero attached hydrogens (tertiary/aromatic N) is 1. The first-order valence-electron chi connectivity index (χ1n) is 6.55. The standard InChI is InChI=1S/C14H15NO6/c1-18-14-10(15(16)17)7-11-12(21-14)8-19-13(20-11)9-5-3-2-4-6-9/h2-7,11-14H,8H2,1H3/t11-,12+,13?,14-/m0/s1. The summed E-state index contributed by atoms with van der Waals surface area (Å²) >= 11 is 0. The summed E-state index contributed by atoms with van der Waals surface area (Å²) in [6, 6.07) is 9.41. The van der Waals surface area contributed by atoms with Gasteiger partial charge in [0.15, 0.2) is 6.29 Å². The molecule has 1 saturated heterocycles. The maximum Gasteiger partial charge on any atom is 0.300 e. The van der Waals surface area contributed by atoms with Crippen molar-refractivity contribution >= 4 is 0 Å². The molecule has 112 valence electrons. The molecule has 0 amide bonds. The fraction of sp³-hybridized carbons (Fsp3) is 0.429. The van der Waals surface area contributed by atoms with E-state index in [1.807, 2.05) is 30.3 Å². The van der Waals surface area contributed by atoms with Crippen LogP contribution in [-0.4, -0.2) is 37.1 Å². The molecular formula is C14H15NO6. The van der Waals surface area contributed by atoms with Crippen LogP contribution in [0.5, 0.6) is 0 Å². The van der Waals surface area contributed by atoms with E-state index in [0.717, 1.165) is 5.56 Å². The van der Waals surface area contributed by atoms with Gasteiger partial charge in [-0.15, -0.1) is 0 Å². The van der Waals surface area contributed by atoms with Crippen molar-refractivity contribution in [3.8, 4) is 0 Å². The summed E-state index contributed by atoms with van der Waals surface area (Å²) < 4.78 is 21.9. The molecule has 7 heteroatoms. The normalized spacial score (nSPS) is 32.1. The third kappa shape index (κ3) is 2.81. The highest BCUT2D eigenvalue weighted by Crippen LogP contribution is 2.32. The van der Waals surface area contributed by atoms with Crippen LogP contribution in [0.15, 0.2) is 42.1 Å². The van der Waals surface area contributed by atoms with E-state index in [2.05, 4.69) is 0 Å². The Balaban J connectivity index is 1.81. The molecule has 4 atom stereocenters. The van der Waals surface area contributed by atoms with Gasteiger partial charge in [0.05, 0.1) is 11.5 Å². The summed E-state index contributed by atoms with van der Waals surface area (Å²) in [4.78, 5) is 10.5. The fourth-order valence-corrected chi connectivity index (χ4v) is 2.39. The van der Waals surface area contributed by atoms with Crippen molar-refractivity contribution in [1.82, 2.24) is 0 Å². The van der Waals surface area contributed by atoms with E-state index in [4.69, 9.17) is 18.9 Å². The minimum absolute atomic E-state index is 0.146. The number of rotatable bonds is 3. The monoisotopic (exact) mass is 293 g/mol. The highest BCUT2D eigenvalue weighted by atomic mass is 16.7. The Labute approximate surface area is 121 Å². The lowest BCUT2D eigenvalue weighted by molar-refractivity contribution is -0.458. The zero-order chi connectivity index (χ0) is 14.8. The third-order valence-electron chi connectivity index (χ3n) is 3.43. The van der Waals surface area contributed by atoms with Gasteiger partial charge in [0.25, 0.3) is 6.29 Å². The van der Waals surface area contributed by atoms with Gasteiger partial charge in [-0.3, -0.25) is 10.1 Å². The second-order valence-corrected chi connectivity index (χ2v) is 4.77. The number of benzene rings is 1. The van der Waals surface area contributed by atoms with Crippen LogP contribution in [0.25, 0.3) is 0 Å². The van der Waals surface area contributed by atoms with Crippen LogP contribution in [0.4, 0.5) is 0 Å². The summed E-state index contributed by atoms with van der Waals surface area (Å²) in [6.07, 6.45) is -1.06. The molecule has 2 aliphatic heterocycles. The molecule has 1 aromatic carbocycles. The Bertz CT molecular complexity index is 546. The van der Waals surface area contributed by atoms with Crippen molar-refractivity contribution in [1.29, 1.82) is 0 Å². The Morgan fingerprint density at radius 1 is 1.29 bits per heavy atom. The highest BCUT2D eigenvalue weighted by Gasteiger charge is 2.43. The van der Waals surface area contributed by atoms with Gasteiger partial charge in [-0.2, -0.15) is 0 Å². The third-order valence-corrected chi connectivity index (χ3v) is 3.43. The Hall–Kier alpha value is -1.80. The second-order valence-electron chi connectivity index (χ2n) is 4.77. The van der Waals surface area contributed by atoms with Gasteiger partial charge in [0.1, 0.15) is 12.2 Å². The van der Waals surface area contributed by atoms with E-state index in [9.17, 15) is 10.1 Å². The van der Waals surface area contributed by atoms with Crippen molar-refractivity contribution in [2.45, 2.75) is 24.8 Å². The van der Waals surface area contributed by atoms with E-state index in [0.29, 0.717) is 0 Å². The molecule has 3 rings (SSSR count). The van der Waals surface area contributed by atoms with Gasteiger partial charge in [-0.25, -0.2) is 0 Å². The number of hydrogen-bond acceptors (Lipinski definition) is 6. The van der Waals surface area contributed by atoms with Crippen LogP contribution < -0.4 is 0 Å². The Morgan fingerprint density at radius 2 is 2.05 bits per heavy atom. The van der Waals surface area contributed by atoms with Gasteiger partial charge in [-0.05, 0) is 0 Å². The molecule has 1 fully saturated rings. The van der Waals surface area contributed by atoms with E-state index in [1.54, 1.807) is 0 Å². The molecule has 7 nitrogen and oxygen atoms in total. The van der Waals surface area contributed by atoms with Crippen LogP contribution in [0, 0.1) is 10.1 Å². The molecule has 0 aliphatic carbocycles. The zero-order valence-electron chi connectivity index (χ0n) is 11.4. The van der Waals surface area contributed by atoms with Crippen molar-refractivity contribution in [2.24, 2.45) is 0 Å². The number of fused-ring (bicyclic) bond motifs is 1. The molecule has 0 radical (unpaired) electrons. The predicted molar refractivity (Wildman–Crippen MR) is 70.8 cm³/mol.